The molecule has 1 amide bonds. The number of unbranched alkanes of at least 4 members (excludes halogenated alkanes) is 30. The lowest BCUT2D eigenvalue weighted by Crippen LogP contribution is -2.48. The zero-order valence-corrected chi connectivity index (χ0v) is 34.7. The number of carbonyl (C=O) groups excluding carboxylic acids is 1. The Morgan fingerprint density at radius 2 is 0.827 bits per heavy atom. The topological polar surface area (TPSA) is 89.8 Å². The summed E-state index contributed by atoms with van der Waals surface area (Å²) in [7, 11) is 0. The lowest BCUT2D eigenvalue weighted by molar-refractivity contribution is -0.131. The van der Waals surface area contributed by atoms with Gasteiger partial charge in [-0.25, -0.2) is 0 Å². The number of rotatable bonds is 41. The second-order valence-corrected chi connectivity index (χ2v) is 15.6. The van der Waals surface area contributed by atoms with E-state index in [2.05, 4.69) is 36.5 Å². The molecule has 0 aromatic rings. The van der Waals surface area contributed by atoms with Crippen LogP contribution in [0.5, 0.6) is 0 Å². The van der Waals surface area contributed by atoms with Crippen LogP contribution in [0.1, 0.15) is 232 Å². The highest BCUT2D eigenvalue weighted by molar-refractivity contribution is 5.80. The highest BCUT2D eigenvalue weighted by atomic mass is 16.3. The van der Waals surface area contributed by atoms with E-state index in [4.69, 9.17) is 0 Å². The molecule has 0 radical (unpaired) electrons. The summed E-state index contributed by atoms with van der Waals surface area (Å²) < 4.78 is 0. The van der Waals surface area contributed by atoms with Gasteiger partial charge in [-0.2, -0.15) is 0 Å². The van der Waals surface area contributed by atoms with Gasteiger partial charge < -0.3 is 20.6 Å². The van der Waals surface area contributed by atoms with Gasteiger partial charge in [0.1, 0.15) is 6.10 Å². The molecule has 0 bridgehead atoms. The predicted octanol–water partition coefficient (Wildman–Crippen LogP) is 13.2. The van der Waals surface area contributed by atoms with Gasteiger partial charge in [-0.15, -0.1) is 0 Å². The van der Waals surface area contributed by atoms with Crippen molar-refractivity contribution in [1.29, 1.82) is 0 Å². The molecule has 306 valence electrons. The van der Waals surface area contributed by atoms with Gasteiger partial charge in [-0.1, -0.05) is 230 Å². The Morgan fingerprint density at radius 3 is 1.17 bits per heavy atom. The standard InChI is InChI=1S/C47H89NO4/c1-3-5-7-9-11-13-14-15-16-17-18-19-20-21-22-23-24-25-26-27-28-29-30-31-32-34-36-38-40-42-46(51)47(52)48-44(43-49)45(50)41-39-37-35-33-12-10-8-6-4-2/h4,6,12,33,39,41,44-46,49-51H,3,5,7-11,13-32,34-38,40,42-43H2,1-2H3,(H,48,52)/b6-4+,33-12+,41-39+. The van der Waals surface area contributed by atoms with Crippen LogP contribution >= 0.6 is 0 Å². The minimum atomic E-state index is -1.10. The molecule has 0 aliphatic rings. The molecule has 0 aliphatic heterocycles. The van der Waals surface area contributed by atoms with Crippen molar-refractivity contribution < 1.29 is 20.1 Å². The monoisotopic (exact) mass is 732 g/mol. The van der Waals surface area contributed by atoms with Crippen LogP contribution in [0.25, 0.3) is 0 Å². The van der Waals surface area contributed by atoms with E-state index in [-0.39, 0.29) is 6.61 Å². The number of hydrogen-bond donors (Lipinski definition) is 4. The van der Waals surface area contributed by atoms with E-state index >= 15 is 0 Å². The van der Waals surface area contributed by atoms with Gasteiger partial charge in [-0.05, 0) is 39.0 Å². The fourth-order valence-electron chi connectivity index (χ4n) is 6.99. The van der Waals surface area contributed by atoms with Gasteiger partial charge in [0.2, 0.25) is 5.91 Å². The Bertz CT molecular complexity index is 809. The number of aliphatic hydroxyl groups excluding tert-OH is 3. The number of hydrogen-bond acceptors (Lipinski definition) is 4. The van der Waals surface area contributed by atoms with Crippen molar-refractivity contribution in [1.82, 2.24) is 5.32 Å². The molecule has 0 saturated carbocycles. The largest absolute Gasteiger partial charge is 0.394 e. The minimum Gasteiger partial charge on any atom is -0.394 e. The first-order chi connectivity index (χ1) is 25.6. The van der Waals surface area contributed by atoms with Crippen molar-refractivity contribution in [3.63, 3.8) is 0 Å². The molecule has 3 atom stereocenters. The van der Waals surface area contributed by atoms with Crippen molar-refractivity contribution in [3.8, 4) is 0 Å². The summed E-state index contributed by atoms with van der Waals surface area (Å²) in [4.78, 5) is 12.4. The van der Waals surface area contributed by atoms with Crippen molar-refractivity contribution in [2.24, 2.45) is 0 Å². The summed E-state index contributed by atoms with van der Waals surface area (Å²) in [6.07, 6.45) is 53.7. The number of allylic oxidation sites excluding steroid dienone is 5. The van der Waals surface area contributed by atoms with Crippen LogP contribution in [0, 0.1) is 0 Å². The van der Waals surface area contributed by atoms with Crippen molar-refractivity contribution in [2.45, 2.75) is 250 Å². The molecule has 0 aromatic carbocycles. The number of aliphatic hydroxyl groups is 3. The quantitative estimate of drug-likeness (QED) is 0.0372. The Kier molecular flexibility index (Phi) is 41.1. The Morgan fingerprint density at radius 1 is 0.500 bits per heavy atom. The number of amides is 1. The second-order valence-electron chi connectivity index (χ2n) is 15.6. The van der Waals surface area contributed by atoms with E-state index in [0.717, 1.165) is 44.9 Å². The molecule has 5 heteroatoms. The Labute approximate surface area is 324 Å². The average Bonchev–Trinajstić information content (AvgIpc) is 3.15. The molecule has 3 unspecified atom stereocenters. The van der Waals surface area contributed by atoms with E-state index in [1.54, 1.807) is 6.08 Å². The average molecular weight is 732 g/mol. The van der Waals surface area contributed by atoms with E-state index in [1.165, 1.54) is 167 Å². The van der Waals surface area contributed by atoms with Crippen molar-refractivity contribution in [3.05, 3.63) is 36.5 Å². The summed E-state index contributed by atoms with van der Waals surface area (Å²) in [5, 5.41) is 32.9. The minimum absolute atomic E-state index is 0.381. The van der Waals surface area contributed by atoms with Crippen LogP contribution < -0.4 is 5.32 Å². The van der Waals surface area contributed by atoms with Crippen LogP contribution in [0.2, 0.25) is 0 Å². The van der Waals surface area contributed by atoms with Gasteiger partial charge >= 0.3 is 0 Å². The van der Waals surface area contributed by atoms with Crippen LogP contribution in [0.15, 0.2) is 36.5 Å². The lowest BCUT2D eigenvalue weighted by atomic mass is 10.0. The first-order valence-electron chi connectivity index (χ1n) is 22.8. The van der Waals surface area contributed by atoms with E-state index in [9.17, 15) is 20.1 Å². The van der Waals surface area contributed by atoms with E-state index in [1.807, 2.05) is 13.0 Å². The fraction of sp³-hybridized carbons (Fsp3) is 0.851. The molecule has 0 spiro atoms. The maximum atomic E-state index is 12.4. The van der Waals surface area contributed by atoms with Gasteiger partial charge in [-0.3, -0.25) is 4.79 Å². The molecule has 52 heavy (non-hydrogen) atoms. The van der Waals surface area contributed by atoms with Gasteiger partial charge in [0, 0.05) is 0 Å². The summed E-state index contributed by atoms with van der Waals surface area (Å²) >= 11 is 0. The maximum Gasteiger partial charge on any atom is 0.249 e. The SMILES string of the molecule is C/C=C/CC/C=C/CC/C=C/C(O)C(CO)NC(=O)C(O)CCCCCCCCCCCCCCCCCCCCCCCCCCCCCCC. The normalized spacial score (nSPS) is 13.9. The molecule has 0 rings (SSSR count). The van der Waals surface area contributed by atoms with Gasteiger partial charge in [0.25, 0.3) is 0 Å². The maximum absolute atomic E-state index is 12.4. The molecule has 4 N–H and O–H groups in total. The van der Waals surface area contributed by atoms with Crippen LogP contribution in [0.3, 0.4) is 0 Å². The molecule has 0 saturated heterocycles. The third kappa shape index (κ3) is 36.9. The third-order valence-corrected chi connectivity index (χ3v) is 10.6. The highest BCUT2D eigenvalue weighted by Gasteiger charge is 2.22. The molecular weight excluding hydrogens is 643 g/mol. The van der Waals surface area contributed by atoms with Gasteiger partial charge in [0.15, 0.2) is 0 Å². The van der Waals surface area contributed by atoms with E-state index in [0.29, 0.717) is 6.42 Å². The van der Waals surface area contributed by atoms with Crippen molar-refractivity contribution >= 4 is 5.91 Å². The molecule has 0 aliphatic carbocycles. The highest BCUT2D eigenvalue weighted by Crippen LogP contribution is 2.17. The second kappa shape index (κ2) is 42.3. The molecular formula is C47H89NO4. The first-order valence-corrected chi connectivity index (χ1v) is 22.8. The third-order valence-electron chi connectivity index (χ3n) is 10.6. The van der Waals surface area contributed by atoms with Crippen LogP contribution in [0.4, 0.5) is 0 Å². The van der Waals surface area contributed by atoms with Crippen LogP contribution in [-0.4, -0.2) is 46.1 Å². The van der Waals surface area contributed by atoms with Gasteiger partial charge in [0.05, 0.1) is 18.8 Å². The summed E-state index contributed by atoms with van der Waals surface area (Å²) in [6, 6.07) is -0.816. The Balaban J connectivity index is 3.49. The van der Waals surface area contributed by atoms with Crippen LogP contribution in [-0.2, 0) is 4.79 Å². The first kappa shape index (κ1) is 50.6. The molecule has 0 aromatic heterocycles. The number of nitrogens with one attached hydrogen (secondary N) is 1. The van der Waals surface area contributed by atoms with Crippen molar-refractivity contribution in [2.75, 3.05) is 6.61 Å². The zero-order valence-electron chi connectivity index (χ0n) is 34.7. The van der Waals surface area contributed by atoms with E-state index < -0.39 is 24.2 Å². The molecule has 0 heterocycles. The fourth-order valence-corrected chi connectivity index (χ4v) is 6.99. The zero-order chi connectivity index (χ0) is 38.0. The smallest absolute Gasteiger partial charge is 0.249 e. The Hall–Kier alpha value is -1.43. The predicted molar refractivity (Wildman–Crippen MR) is 227 cm³/mol. The summed E-state index contributed by atoms with van der Waals surface area (Å²) in [5.41, 5.74) is 0. The molecule has 5 nitrogen and oxygen atoms in total. The number of carbonyl (C=O) groups is 1. The molecule has 0 fully saturated rings. The lowest BCUT2D eigenvalue weighted by Gasteiger charge is -2.21. The summed E-state index contributed by atoms with van der Waals surface area (Å²) in [5.74, 6) is -0.518. The summed E-state index contributed by atoms with van der Waals surface area (Å²) in [6.45, 7) is 3.94.